The molecule has 2 heterocycles. The summed E-state index contributed by atoms with van der Waals surface area (Å²) in [5, 5.41) is 3.15. The molecule has 5 nitrogen and oxygen atoms in total. The Kier molecular flexibility index (Phi) is 5.65. The van der Waals surface area contributed by atoms with E-state index >= 15 is 0 Å². The molecule has 1 N–H and O–H groups in total. The van der Waals surface area contributed by atoms with Crippen molar-refractivity contribution < 1.29 is 14.0 Å². The number of nitrogens with zero attached hydrogens (tertiary/aromatic N) is 2. The van der Waals surface area contributed by atoms with Crippen LogP contribution in [0.15, 0.2) is 84.6 Å². The van der Waals surface area contributed by atoms with Crippen molar-refractivity contribution in [1.29, 1.82) is 0 Å². The molecule has 6 heteroatoms. The van der Waals surface area contributed by atoms with E-state index in [0.29, 0.717) is 11.3 Å². The number of nitrogens with one attached hydrogen (secondary N) is 1. The summed E-state index contributed by atoms with van der Waals surface area (Å²) in [6, 6.07) is 22.6. The molecule has 5 rings (SSSR count). The lowest BCUT2D eigenvalue weighted by Gasteiger charge is -2.28. The molecule has 166 valence electrons. The lowest BCUT2D eigenvalue weighted by atomic mass is 10.0. The molecule has 2 amide bonds. The molecule has 0 saturated carbocycles. The number of piperidine rings is 1. The van der Waals surface area contributed by atoms with Gasteiger partial charge in [0.2, 0.25) is 0 Å². The van der Waals surface area contributed by atoms with E-state index in [0.717, 1.165) is 23.7 Å². The van der Waals surface area contributed by atoms with Crippen LogP contribution < -0.4 is 15.1 Å². The van der Waals surface area contributed by atoms with E-state index in [1.807, 2.05) is 30.3 Å². The highest BCUT2D eigenvalue weighted by molar-refractivity contribution is 6.46. The van der Waals surface area contributed by atoms with Crippen LogP contribution in [0.25, 0.3) is 5.57 Å². The van der Waals surface area contributed by atoms with E-state index < -0.39 is 17.6 Å². The monoisotopic (exact) mass is 441 g/mol. The second-order valence-electron chi connectivity index (χ2n) is 8.23. The summed E-state index contributed by atoms with van der Waals surface area (Å²) < 4.78 is 14.5. The third kappa shape index (κ3) is 4.00. The smallest absolute Gasteiger partial charge is 0.282 e. The van der Waals surface area contributed by atoms with Crippen LogP contribution >= 0.6 is 0 Å². The third-order valence-electron chi connectivity index (χ3n) is 6.10. The summed E-state index contributed by atoms with van der Waals surface area (Å²) in [6.07, 6.45) is 3.65. The van der Waals surface area contributed by atoms with E-state index in [1.54, 1.807) is 30.3 Å². The highest BCUT2D eigenvalue weighted by Crippen LogP contribution is 2.35. The molecule has 3 aromatic rings. The van der Waals surface area contributed by atoms with Crippen LogP contribution in [0.5, 0.6) is 0 Å². The summed E-state index contributed by atoms with van der Waals surface area (Å²) in [6.45, 7) is 2.08. The van der Waals surface area contributed by atoms with Crippen molar-refractivity contribution in [1.82, 2.24) is 0 Å². The molecule has 33 heavy (non-hydrogen) atoms. The zero-order chi connectivity index (χ0) is 22.8. The van der Waals surface area contributed by atoms with Crippen molar-refractivity contribution in [3.05, 3.63) is 95.9 Å². The van der Waals surface area contributed by atoms with Crippen LogP contribution in [-0.4, -0.2) is 24.9 Å². The maximum atomic E-state index is 14.5. The summed E-state index contributed by atoms with van der Waals surface area (Å²) in [5.74, 6) is -1.76. The van der Waals surface area contributed by atoms with Gasteiger partial charge in [0, 0.05) is 24.5 Å². The Morgan fingerprint density at radius 2 is 1.39 bits per heavy atom. The zero-order valence-corrected chi connectivity index (χ0v) is 18.1. The number of imide groups is 1. The predicted molar refractivity (Wildman–Crippen MR) is 128 cm³/mol. The first-order valence-corrected chi connectivity index (χ1v) is 11.2. The van der Waals surface area contributed by atoms with Gasteiger partial charge in [-0.3, -0.25) is 9.59 Å². The van der Waals surface area contributed by atoms with Gasteiger partial charge in [0.1, 0.15) is 11.5 Å². The maximum Gasteiger partial charge on any atom is 0.282 e. The normalized spacial score (nSPS) is 16.5. The number of para-hydroxylation sites is 1. The fraction of sp³-hybridized carbons (Fsp3) is 0.185. The largest absolute Gasteiger partial charge is 0.372 e. The summed E-state index contributed by atoms with van der Waals surface area (Å²) in [5.41, 5.74) is 2.74. The average Bonchev–Trinajstić information content (AvgIpc) is 3.10. The van der Waals surface area contributed by atoms with Gasteiger partial charge >= 0.3 is 0 Å². The Morgan fingerprint density at radius 1 is 0.727 bits per heavy atom. The quantitative estimate of drug-likeness (QED) is 0.552. The van der Waals surface area contributed by atoms with E-state index in [1.165, 1.54) is 37.5 Å². The molecule has 0 bridgehead atoms. The Balaban J connectivity index is 1.50. The highest BCUT2D eigenvalue weighted by atomic mass is 19.1. The summed E-state index contributed by atoms with van der Waals surface area (Å²) in [7, 11) is 0. The van der Waals surface area contributed by atoms with Gasteiger partial charge in [-0.25, -0.2) is 9.29 Å². The number of carbonyl (C=O) groups is 2. The van der Waals surface area contributed by atoms with Crippen molar-refractivity contribution in [3.8, 4) is 0 Å². The van der Waals surface area contributed by atoms with Crippen LogP contribution in [0.4, 0.5) is 21.5 Å². The summed E-state index contributed by atoms with van der Waals surface area (Å²) in [4.78, 5) is 30.0. The highest BCUT2D eigenvalue weighted by Gasteiger charge is 2.41. The Labute approximate surface area is 192 Å². The van der Waals surface area contributed by atoms with Gasteiger partial charge in [0.05, 0.1) is 11.3 Å². The topological polar surface area (TPSA) is 52.7 Å². The van der Waals surface area contributed by atoms with E-state index in [-0.39, 0.29) is 17.0 Å². The van der Waals surface area contributed by atoms with Crippen LogP contribution in [-0.2, 0) is 9.59 Å². The molecule has 1 fully saturated rings. The standard InChI is InChI=1S/C27H24FN3O2/c28-22-11-5-6-12-23(22)31-26(32)24(19-9-3-1-4-10-19)25(27(31)33)29-20-13-15-21(16-14-20)30-17-7-2-8-18-30/h1,3-6,9-16,29H,2,7-8,17-18H2. The molecular weight excluding hydrogens is 417 g/mol. The SMILES string of the molecule is O=C1C(Nc2ccc(N3CCCCC3)cc2)=C(c2ccccc2)C(=O)N1c1ccccc1F. The number of carbonyl (C=O) groups excluding carboxylic acids is 2. The van der Waals surface area contributed by atoms with E-state index in [2.05, 4.69) is 10.2 Å². The molecular formula is C27H24FN3O2. The van der Waals surface area contributed by atoms with Crippen molar-refractivity contribution in [2.45, 2.75) is 19.3 Å². The first-order chi connectivity index (χ1) is 16.1. The molecule has 2 aliphatic heterocycles. The van der Waals surface area contributed by atoms with Gasteiger partial charge in [0.25, 0.3) is 11.8 Å². The molecule has 3 aromatic carbocycles. The predicted octanol–water partition coefficient (Wildman–Crippen LogP) is 5.21. The minimum atomic E-state index is -0.626. The third-order valence-corrected chi connectivity index (χ3v) is 6.10. The fourth-order valence-corrected chi connectivity index (χ4v) is 4.42. The van der Waals surface area contributed by atoms with Gasteiger partial charge in [0.15, 0.2) is 0 Å². The lowest BCUT2D eigenvalue weighted by Crippen LogP contribution is -2.33. The number of hydrogen-bond acceptors (Lipinski definition) is 4. The number of anilines is 3. The number of amides is 2. The number of rotatable bonds is 5. The van der Waals surface area contributed by atoms with Gasteiger partial charge in [-0.05, 0) is 61.2 Å². The van der Waals surface area contributed by atoms with E-state index in [4.69, 9.17) is 0 Å². The van der Waals surface area contributed by atoms with Crippen LogP contribution in [0.2, 0.25) is 0 Å². The molecule has 0 unspecified atom stereocenters. The first kappa shape index (κ1) is 20.9. The molecule has 0 atom stereocenters. The Hall–Kier alpha value is -3.93. The molecule has 1 saturated heterocycles. The Bertz CT molecular complexity index is 1220. The molecule has 0 spiro atoms. The lowest BCUT2D eigenvalue weighted by molar-refractivity contribution is -0.120. The number of halogens is 1. The Morgan fingerprint density at radius 3 is 2.09 bits per heavy atom. The van der Waals surface area contributed by atoms with Crippen LogP contribution in [0, 0.1) is 5.82 Å². The van der Waals surface area contributed by atoms with Crippen LogP contribution in [0.3, 0.4) is 0 Å². The second kappa shape index (κ2) is 8.90. The molecule has 2 aliphatic rings. The second-order valence-corrected chi connectivity index (χ2v) is 8.23. The van der Waals surface area contributed by atoms with Gasteiger partial charge in [-0.1, -0.05) is 42.5 Å². The van der Waals surface area contributed by atoms with Crippen molar-refractivity contribution >= 4 is 34.4 Å². The van der Waals surface area contributed by atoms with Gasteiger partial charge < -0.3 is 10.2 Å². The number of hydrogen-bond donors (Lipinski definition) is 1. The molecule has 0 aromatic heterocycles. The average molecular weight is 442 g/mol. The van der Waals surface area contributed by atoms with Crippen molar-refractivity contribution in [3.63, 3.8) is 0 Å². The van der Waals surface area contributed by atoms with Gasteiger partial charge in [-0.15, -0.1) is 0 Å². The fourth-order valence-electron chi connectivity index (χ4n) is 4.42. The maximum absolute atomic E-state index is 14.5. The minimum Gasteiger partial charge on any atom is -0.372 e. The van der Waals surface area contributed by atoms with Gasteiger partial charge in [-0.2, -0.15) is 0 Å². The minimum absolute atomic E-state index is 0.0572. The van der Waals surface area contributed by atoms with Crippen molar-refractivity contribution in [2.75, 3.05) is 28.2 Å². The zero-order valence-electron chi connectivity index (χ0n) is 18.1. The number of benzene rings is 3. The molecule has 0 aliphatic carbocycles. The van der Waals surface area contributed by atoms with Crippen molar-refractivity contribution in [2.24, 2.45) is 0 Å². The summed E-state index contributed by atoms with van der Waals surface area (Å²) >= 11 is 0. The molecule has 0 radical (unpaired) electrons. The van der Waals surface area contributed by atoms with E-state index in [9.17, 15) is 14.0 Å². The van der Waals surface area contributed by atoms with Crippen LogP contribution in [0.1, 0.15) is 24.8 Å². The first-order valence-electron chi connectivity index (χ1n) is 11.2.